The van der Waals surface area contributed by atoms with E-state index in [1.54, 1.807) is 25.6 Å². The number of carbonyl (C=O) groups is 2. The van der Waals surface area contributed by atoms with Gasteiger partial charge < -0.3 is 19.3 Å². The van der Waals surface area contributed by atoms with Crippen LogP contribution in [0, 0.1) is 5.92 Å². The lowest BCUT2D eigenvalue weighted by molar-refractivity contribution is -0.139. The average molecular weight is 497 g/mol. The maximum atomic E-state index is 13.9. The summed E-state index contributed by atoms with van der Waals surface area (Å²) in [7, 11) is 3.28. The second-order valence-corrected chi connectivity index (χ2v) is 10.6. The Morgan fingerprint density at radius 1 is 1.00 bits per heavy atom. The molecule has 3 aromatic rings. The van der Waals surface area contributed by atoms with Gasteiger partial charge in [0.05, 0.1) is 31.1 Å². The van der Waals surface area contributed by atoms with Crippen molar-refractivity contribution in [2.45, 2.75) is 25.3 Å². The molecular weight excluding hydrogens is 468 g/mol. The summed E-state index contributed by atoms with van der Waals surface area (Å²) in [6.07, 6.45) is 2.40. The highest BCUT2D eigenvalue weighted by Gasteiger charge is 2.38. The Bertz CT molecular complexity index is 1160. The first-order chi connectivity index (χ1) is 16.6. The van der Waals surface area contributed by atoms with Gasteiger partial charge in [-0.3, -0.25) is 9.59 Å². The largest absolute Gasteiger partial charge is 0.493 e. The van der Waals surface area contributed by atoms with Crippen LogP contribution >= 0.6 is 22.7 Å². The van der Waals surface area contributed by atoms with E-state index >= 15 is 0 Å². The minimum atomic E-state index is -0.193. The fraction of sp³-hybridized carbons (Fsp3) is 0.385. The number of hydrogen-bond acceptors (Lipinski definition) is 6. The van der Waals surface area contributed by atoms with Crippen LogP contribution in [0.3, 0.4) is 0 Å². The Labute approximate surface area is 207 Å². The summed E-state index contributed by atoms with van der Waals surface area (Å²) in [6, 6.07) is 11.8. The van der Waals surface area contributed by atoms with Crippen molar-refractivity contribution in [2.24, 2.45) is 5.92 Å². The van der Waals surface area contributed by atoms with E-state index in [0.717, 1.165) is 34.6 Å². The van der Waals surface area contributed by atoms with Crippen LogP contribution in [-0.4, -0.2) is 55.5 Å². The van der Waals surface area contributed by atoms with E-state index in [0.29, 0.717) is 31.1 Å². The molecule has 5 rings (SSSR count). The zero-order valence-corrected chi connectivity index (χ0v) is 21.0. The molecule has 2 atom stereocenters. The van der Waals surface area contributed by atoms with Crippen molar-refractivity contribution >= 4 is 34.5 Å². The molecule has 4 heterocycles. The third kappa shape index (κ3) is 4.20. The van der Waals surface area contributed by atoms with E-state index in [9.17, 15) is 9.59 Å². The van der Waals surface area contributed by atoms with Crippen molar-refractivity contribution in [1.82, 2.24) is 9.80 Å². The van der Waals surface area contributed by atoms with Gasteiger partial charge in [0.1, 0.15) is 0 Å². The van der Waals surface area contributed by atoms with Crippen LogP contribution in [0.1, 0.15) is 44.6 Å². The number of benzene rings is 1. The molecule has 2 aliphatic heterocycles. The number of methoxy groups -OCH3 is 2. The highest BCUT2D eigenvalue weighted by molar-refractivity contribution is 7.12. The van der Waals surface area contributed by atoms with Gasteiger partial charge in [-0.1, -0.05) is 12.1 Å². The molecule has 1 aromatic carbocycles. The van der Waals surface area contributed by atoms with Crippen LogP contribution in [-0.2, 0) is 11.2 Å². The summed E-state index contributed by atoms with van der Waals surface area (Å²) in [5.74, 6) is 1.34. The molecule has 0 saturated carbocycles. The predicted octanol–water partition coefficient (Wildman–Crippen LogP) is 4.85. The molecule has 0 aliphatic carbocycles. The van der Waals surface area contributed by atoms with Crippen LogP contribution in [0.2, 0.25) is 0 Å². The summed E-state index contributed by atoms with van der Waals surface area (Å²) in [6.45, 7) is 1.82. The lowest BCUT2D eigenvalue weighted by Gasteiger charge is -2.41. The van der Waals surface area contributed by atoms with Gasteiger partial charge >= 0.3 is 0 Å². The lowest BCUT2D eigenvalue weighted by atomic mass is 9.88. The number of ether oxygens (including phenoxy) is 2. The van der Waals surface area contributed by atoms with Gasteiger partial charge in [-0.05, 0) is 65.4 Å². The quantitative estimate of drug-likeness (QED) is 0.507. The third-order valence-electron chi connectivity index (χ3n) is 6.76. The number of fused-ring (bicyclic) bond motifs is 1. The molecule has 1 saturated heterocycles. The number of rotatable bonds is 5. The molecule has 1 fully saturated rings. The second-order valence-electron chi connectivity index (χ2n) is 8.67. The van der Waals surface area contributed by atoms with E-state index in [1.165, 1.54) is 16.9 Å². The summed E-state index contributed by atoms with van der Waals surface area (Å²) < 4.78 is 11.1. The lowest BCUT2D eigenvalue weighted by Crippen LogP contribution is -2.49. The van der Waals surface area contributed by atoms with Crippen molar-refractivity contribution < 1.29 is 19.1 Å². The Morgan fingerprint density at radius 2 is 1.76 bits per heavy atom. The second kappa shape index (κ2) is 9.80. The molecule has 178 valence electrons. The first-order valence-electron chi connectivity index (χ1n) is 11.5. The van der Waals surface area contributed by atoms with E-state index < -0.39 is 0 Å². The van der Waals surface area contributed by atoms with E-state index in [2.05, 4.69) is 11.4 Å². The van der Waals surface area contributed by atoms with Crippen molar-refractivity contribution in [3.63, 3.8) is 0 Å². The molecule has 8 heteroatoms. The number of likely N-dealkylation sites (tertiary alicyclic amines) is 1. The molecule has 2 aliphatic rings. The Kier molecular flexibility index (Phi) is 6.61. The van der Waals surface area contributed by atoms with Crippen molar-refractivity contribution in [1.29, 1.82) is 0 Å². The number of amides is 2. The van der Waals surface area contributed by atoms with Gasteiger partial charge in [0.25, 0.3) is 5.91 Å². The molecule has 34 heavy (non-hydrogen) atoms. The summed E-state index contributed by atoms with van der Waals surface area (Å²) in [5.41, 5.74) is 2.26. The monoisotopic (exact) mass is 496 g/mol. The van der Waals surface area contributed by atoms with Crippen molar-refractivity contribution in [3.05, 3.63) is 68.0 Å². The molecule has 0 spiro atoms. The highest BCUT2D eigenvalue weighted by atomic mass is 32.1. The van der Waals surface area contributed by atoms with Crippen LogP contribution in [0.25, 0.3) is 0 Å². The van der Waals surface area contributed by atoms with Gasteiger partial charge in [-0.25, -0.2) is 0 Å². The minimum Gasteiger partial charge on any atom is -0.493 e. The molecule has 0 bridgehead atoms. The first kappa shape index (κ1) is 22.9. The number of hydrogen-bond donors (Lipinski definition) is 0. The van der Waals surface area contributed by atoms with Crippen LogP contribution in [0.15, 0.2) is 47.2 Å². The maximum absolute atomic E-state index is 13.9. The number of piperidine rings is 1. The van der Waals surface area contributed by atoms with Crippen LogP contribution in [0.4, 0.5) is 0 Å². The van der Waals surface area contributed by atoms with E-state index in [1.807, 2.05) is 45.5 Å². The Hall–Kier alpha value is -2.84. The number of thiophene rings is 2. The molecule has 2 amide bonds. The molecule has 2 aromatic heterocycles. The van der Waals surface area contributed by atoms with Crippen molar-refractivity contribution in [2.75, 3.05) is 33.9 Å². The van der Waals surface area contributed by atoms with E-state index in [-0.39, 0.29) is 23.8 Å². The van der Waals surface area contributed by atoms with Gasteiger partial charge in [-0.15, -0.1) is 22.7 Å². The molecule has 0 N–H and O–H groups in total. The number of carbonyl (C=O) groups excluding carboxylic acids is 2. The topological polar surface area (TPSA) is 59.1 Å². The third-order valence-corrected chi connectivity index (χ3v) is 8.54. The predicted molar refractivity (Wildman–Crippen MR) is 134 cm³/mol. The van der Waals surface area contributed by atoms with Gasteiger partial charge in [-0.2, -0.15) is 0 Å². The van der Waals surface area contributed by atoms with Gasteiger partial charge in [0.2, 0.25) is 5.91 Å². The van der Waals surface area contributed by atoms with Gasteiger partial charge in [0.15, 0.2) is 11.5 Å². The van der Waals surface area contributed by atoms with E-state index in [4.69, 9.17) is 9.47 Å². The summed E-state index contributed by atoms with van der Waals surface area (Å²) >= 11 is 3.11. The number of nitrogens with zero attached hydrogens (tertiary/aromatic N) is 2. The Balaban J connectivity index is 1.44. The highest BCUT2D eigenvalue weighted by Crippen LogP contribution is 2.43. The summed E-state index contributed by atoms with van der Waals surface area (Å²) in [4.78, 5) is 32.6. The van der Waals surface area contributed by atoms with Crippen molar-refractivity contribution in [3.8, 4) is 11.5 Å². The molecule has 0 radical (unpaired) electrons. The fourth-order valence-electron chi connectivity index (χ4n) is 5.09. The average Bonchev–Trinajstić information content (AvgIpc) is 3.61. The SMILES string of the molecule is COc1cc2c(cc1OC)C(c1cccs1)N(C(=O)C1CCCN(C(=O)c3cccs3)C1)CC2. The molecule has 2 unspecified atom stereocenters. The zero-order chi connectivity index (χ0) is 23.7. The fourth-order valence-corrected chi connectivity index (χ4v) is 6.64. The molecular formula is C26H28N2O4S2. The normalized spacial score (nSPS) is 20.1. The molecule has 6 nitrogen and oxygen atoms in total. The van der Waals surface area contributed by atoms with Crippen LogP contribution in [0.5, 0.6) is 11.5 Å². The first-order valence-corrected chi connectivity index (χ1v) is 13.3. The zero-order valence-electron chi connectivity index (χ0n) is 19.4. The minimum absolute atomic E-state index is 0.0307. The summed E-state index contributed by atoms with van der Waals surface area (Å²) in [5, 5.41) is 3.97. The Morgan fingerprint density at radius 3 is 2.47 bits per heavy atom. The van der Waals surface area contributed by atoms with Gasteiger partial charge in [0, 0.05) is 24.5 Å². The smallest absolute Gasteiger partial charge is 0.263 e. The maximum Gasteiger partial charge on any atom is 0.263 e. The standard InChI is InChI=1S/C26H28N2O4S2/c1-31-20-14-17-9-11-28(24(22-7-4-12-33-22)19(17)15-21(20)32-2)25(29)18-6-3-10-27(16-18)26(30)23-8-5-13-34-23/h4-5,7-8,12-15,18,24H,3,6,9-11,16H2,1-2H3. The van der Waals surface area contributed by atoms with Crippen LogP contribution < -0.4 is 9.47 Å².